The van der Waals surface area contributed by atoms with E-state index in [0.29, 0.717) is 28.9 Å². The van der Waals surface area contributed by atoms with Crippen molar-refractivity contribution in [1.82, 2.24) is 0 Å². The van der Waals surface area contributed by atoms with E-state index in [9.17, 15) is 8.78 Å². The van der Waals surface area contributed by atoms with Crippen LogP contribution in [-0.4, -0.2) is 12.3 Å². The zero-order valence-electron chi connectivity index (χ0n) is 8.78. The van der Waals surface area contributed by atoms with Crippen LogP contribution in [0.5, 0.6) is 0 Å². The van der Waals surface area contributed by atoms with E-state index in [2.05, 4.69) is 11.4 Å². The molecule has 0 heterocycles. The highest BCUT2D eigenvalue weighted by Gasteiger charge is 2.09. The molecular formula is C11H12F2N2S. The van der Waals surface area contributed by atoms with Crippen LogP contribution in [0.2, 0.25) is 0 Å². The van der Waals surface area contributed by atoms with Gasteiger partial charge in [0.05, 0.1) is 12.0 Å². The Morgan fingerprint density at radius 1 is 1.44 bits per heavy atom. The lowest BCUT2D eigenvalue weighted by atomic mass is 10.2. The first kappa shape index (κ1) is 12.8. The lowest BCUT2D eigenvalue weighted by Crippen LogP contribution is -2.09. The molecule has 0 amide bonds. The molecule has 1 rings (SSSR count). The Bertz CT molecular complexity index is 376. The molecule has 1 unspecified atom stereocenters. The highest BCUT2D eigenvalue weighted by molar-refractivity contribution is 7.99. The molecule has 0 aliphatic rings. The van der Waals surface area contributed by atoms with Gasteiger partial charge >= 0.3 is 0 Å². The molecule has 5 heteroatoms. The van der Waals surface area contributed by atoms with Crippen LogP contribution < -0.4 is 5.32 Å². The quantitative estimate of drug-likeness (QED) is 0.802. The number of nitrogens with zero attached hydrogens (tertiary/aromatic N) is 1. The first-order valence-corrected chi connectivity index (χ1v) is 5.68. The topological polar surface area (TPSA) is 35.8 Å². The van der Waals surface area contributed by atoms with E-state index in [1.165, 1.54) is 0 Å². The second-order valence-corrected chi connectivity index (χ2v) is 4.32. The average molecular weight is 242 g/mol. The third-order valence-electron chi connectivity index (χ3n) is 1.92. The fourth-order valence-electron chi connectivity index (χ4n) is 1.12. The van der Waals surface area contributed by atoms with Crippen molar-refractivity contribution in [1.29, 1.82) is 5.26 Å². The lowest BCUT2D eigenvalue weighted by molar-refractivity contribution is 0.252. The van der Waals surface area contributed by atoms with Crippen molar-refractivity contribution >= 4 is 17.4 Å². The number of rotatable bonds is 5. The summed E-state index contributed by atoms with van der Waals surface area (Å²) < 4.78 is 24.5. The minimum atomic E-state index is -2.43. The van der Waals surface area contributed by atoms with E-state index >= 15 is 0 Å². The molecule has 0 radical (unpaired) electrons. The fraction of sp³-hybridized carbons (Fsp3) is 0.364. The van der Waals surface area contributed by atoms with Gasteiger partial charge in [-0.05, 0) is 19.1 Å². The Balaban J connectivity index is 2.68. The Hall–Kier alpha value is -1.28. The standard InChI is InChI=1S/C11H12F2N2S/c1-8(6-14)7-15-9-4-2-3-5-10(9)16-11(12)13/h2-5,8,11,15H,7H2,1H3. The lowest BCUT2D eigenvalue weighted by Gasteiger charge is -2.11. The summed E-state index contributed by atoms with van der Waals surface area (Å²) in [6.07, 6.45) is 0. The maximum atomic E-state index is 12.2. The van der Waals surface area contributed by atoms with E-state index in [4.69, 9.17) is 5.26 Å². The smallest absolute Gasteiger partial charge is 0.288 e. The number of alkyl halides is 2. The molecule has 16 heavy (non-hydrogen) atoms. The maximum Gasteiger partial charge on any atom is 0.288 e. The molecule has 0 fully saturated rings. The number of hydrogen-bond acceptors (Lipinski definition) is 3. The van der Waals surface area contributed by atoms with Crippen molar-refractivity contribution in [3.63, 3.8) is 0 Å². The normalized spacial score (nSPS) is 12.2. The Morgan fingerprint density at radius 2 is 2.12 bits per heavy atom. The molecule has 0 spiro atoms. The van der Waals surface area contributed by atoms with Gasteiger partial charge in [0.1, 0.15) is 0 Å². The van der Waals surface area contributed by atoms with Crippen LogP contribution in [0, 0.1) is 17.2 Å². The predicted molar refractivity (Wildman–Crippen MR) is 61.6 cm³/mol. The largest absolute Gasteiger partial charge is 0.383 e. The molecule has 0 saturated carbocycles. The summed E-state index contributed by atoms with van der Waals surface area (Å²) in [5.74, 6) is -2.58. The van der Waals surface area contributed by atoms with Crippen LogP contribution in [0.4, 0.5) is 14.5 Å². The summed E-state index contributed by atoms with van der Waals surface area (Å²) in [5.41, 5.74) is 0.648. The molecular weight excluding hydrogens is 230 g/mol. The van der Waals surface area contributed by atoms with Gasteiger partial charge in [-0.2, -0.15) is 14.0 Å². The number of benzene rings is 1. The van der Waals surface area contributed by atoms with Gasteiger partial charge in [0, 0.05) is 17.1 Å². The van der Waals surface area contributed by atoms with Crippen molar-refractivity contribution in [3.05, 3.63) is 24.3 Å². The minimum Gasteiger partial charge on any atom is -0.383 e. The summed E-state index contributed by atoms with van der Waals surface area (Å²) in [4.78, 5) is 0.502. The molecule has 86 valence electrons. The van der Waals surface area contributed by atoms with Gasteiger partial charge in [0.2, 0.25) is 0 Å². The first-order valence-electron chi connectivity index (χ1n) is 4.81. The number of para-hydroxylation sites is 1. The SMILES string of the molecule is CC(C#N)CNc1ccccc1SC(F)F. The van der Waals surface area contributed by atoms with E-state index < -0.39 is 5.76 Å². The van der Waals surface area contributed by atoms with Crippen molar-refractivity contribution in [2.75, 3.05) is 11.9 Å². The zero-order valence-corrected chi connectivity index (χ0v) is 9.60. The summed E-state index contributed by atoms with van der Waals surface area (Å²) in [5, 5.41) is 11.6. The number of nitriles is 1. The second-order valence-electron chi connectivity index (χ2n) is 3.29. The van der Waals surface area contributed by atoms with Crippen LogP contribution >= 0.6 is 11.8 Å². The summed E-state index contributed by atoms with van der Waals surface area (Å²) >= 11 is 0.506. The summed E-state index contributed by atoms with van der Waals surface area (Å²) in [6, 6.07) is 8.93. The van der Waals surface area contributed by atoms with Crippen LogP contribution in [0.1, 0.15) is 6.92 Å². The summed E-state index contributed by atoms with van der Waals surface area (Å²) in [6.45, 7) is 2.23. The molecule has 2 nitrogen and oxygen atoms in total. The predicted octanol–water partition coefficient (Wildman–Crippen LogP) is 3.57. The van der Waals surface area contributed by atoms with Gasteiger partial charge in [-0.25, -0.2) is 0 Å². The first-order chi connectivity index (χ1) is 7.63. The maximum absolute atomic E-state index is 12.2. The van der Waals surface area contributed by atoms with Crippen LogP contribution in [-0.2, 0) is 0 Å². The van der Waals surface area contributed by atoms with Crippen LogP contribution in [0.25, 0.3) is 0 Å². The highest BCUT2D eigenvalue weighted by atomic mass is 32.2. The number of hydrogen-bond donors (Lipinski definition) is 1. The minimum absolute atomic E-state index is 0.149. The Kier molecular flexibility index (Phi) is 5.06. The van der Waals surface area contributed by atoms with Crippen LogP contribution in [0.3, 0.4) is 0 Å². The second kappa shape index (κ2) is 6.33. The summed E-state index contributed by atoms with van der Waals surface area (Å²) in [7, 11) is 0. The number of thioether (sulfide) groups is 1. The van der Waals surface area contributed by atoms with Crippen molar-refractivity contribution < 1.29 is 8.78 Å². The van der Waals surface area contributed by atoms with Crippen molar-refractivity contribution in [2.45, 2.75) is 17.6 Å². The van der Waals surface area contributed by atoms with Gasteiger partial charge in [-0.15, -0.1) is 0 Å². The molecule has 0 bridgehead atoms. The third kappa shape index (κ3) is 4.07. The number of nitrogens with one attached hydrogen (secondary N) is 1. The van der Waals surface area contributed by atoms with Crippen LogP contribution in [0.15, 0.2) is 29.2 Å². The van der Waals surface area contributed by atoms with Gasteiger partial charge in [-0.3, -0.25) is 0 Å². The van der Waals surface area contributed by atoms with Crippen molar-refractivity contribution in [2.24, 2.45) is 5.92 Å². The van der Waals surface area contributed by atoms with E-state index in [1.807, 2.05) is 0 Å². The molecule has 0 aromatic heterocycles. The van der Waals surface area contributed by atoms with Gasteiger partial charge in [0.25, 0.3) is 5.76 Å². The van der Waals surface area contributed by atoms with Crippen molar-refractivity contribution in [3.8, 4) is 6.07 Å². The monoisotopic (exact) mass is 242 g/mol. The number of halogens is 2. The molecule has 1 N–H and O–H groups in total. The Morgan fingerprint density at radius 3 is 2.75 bits per heavy atom. The fourth-order valence-corrected chi connectivity index (χ4v) is 1.74. The van der Waals surface area contributed by atoms with E-state index in [1.54, 1.807) is 31.2 Å². The van der Waals surface area contributed by atoms with Gasteiger partial charge in [0.15, 0.2) is 0 Å². The molecule has 0 aliphatic carbocycles. The van der Waals surface area contributed by atoms with Gasteiger partial charge < -0.3 is 5.32 Å². The third-order valence-corrected chi connectivity index (χ3v) is 2.71. The molecule has 0 aliphatic heterocycles. The molecule has 0 saturated heterocycles. The molecule has 1 aromatic carbocycles. The van der Waals surface area contributed by atoms with E-state index in [-0.39, 0.29) is 5.92 Å². The average Bonchev–Trinajstić information content (AvgIpc) is 2.26. The highest BCUT2D eigenvalue weighted by Crippen LogP contribution is 2.31. The number of anilines is 1. The zero-order chi connectivity index (χ0) is 12.0. The van der Waals surface area contributed by atoms with E-state index in [0.717, 1.165) is 0 Å². The Labute approximate surface area is 97.7 Å². The van der Waals surface area contributed by atoms with Gasteiger partial charge in [-0.1, -0.05) is 23.9 Å². The molecule has 1 atom stereocenters. The molecule has 1 aromatic rings.